The van der Waals surface area contributed by atoms with Crippen molar-refractivity contribution in [3.8, 4) is 0 Å². The first-order chi connectivity index (χ1) is 3.63. The second-order valence-corrected chi connectivity index (χ2v) is 2.96. The molecule has 0 amide bonds. The third-order valence-electron chi connectivity index (χ3n) is 0.934. The molecule has 0 aliphatic rings. The third kappa shape index (κ3) is 5.96. The van der Waals surface area contributed by atoms with Gasteiger partial charge in [0.05, 0.1) is 0 Å². The van der Waals surface area contributed by atoms with Crippen molar-refractivity contribution in [2.45, 2.75) is 33.7 Å². The molecule has 0 aromatic rings. The average Bonchev–Trinajstić information content (AvgIpc) is 1.61. The van der Waals surface area contributed by atoms with Crippen LogP contribution >= 0.6 is 0 Å². The Labute approximate surface area is 54.0 Å². The second kappa shape index (κ2) is 3.90. The quantitative estimate of drug-likeness (QED) is 0.595. The highest BCUT2D eigenvalue weighted by Gasteiger charge is 1.93. The number of rotatable bonds is 3. The van der Waals surface area contributed by atoms with Crippen LogP contribution in [0.1, 0.15) is 29.1 Å². The van der Waals surface area contributed by atoms with E-state index in [1.54, 1.807) is 0 Å². The molecule has 0 saturated heterocycles. The Morgan fingerprint density at radius 3 is 1.88 bits per heavy atom. The zero-order valence-corrected chi connectivity index (χ0v) is 6.36. The van der Waals surface area contributed by atoms with Crippen LogP contribution in [0.2, 0.25) is 0 Å². The zero-order valence-electron chi connectivity index (χ0n) is 6.36. The van der Waals surface area contributed by atoms with Gasteiger partial charge in [0.2, 0.25) is 0 Å². The molecule has 0 heterocycles. The fraction of sp³-hybridized carbons (Fsp3) is 1.00. The normalized spacial score (nSPS) is 11.2. The van der Waals surface area contributed by atoms with Crippen molar-refractivity contribution in [2.24, 2.45) is 5.92 Å². The highest BCUT2D eigenvalue weighted by Crippen LogP contribution is 1.87. The number of hydrogen-bond acceptors (Lipinski definition) is 1. The molecule has 0 bridgehead atoms. The summed E-state index contributed by atoms with van der Waals surface area (Å²) in [6.45, 7) is 9.91. The Morgan fingerprint density at radius 1 is 1.25 bits per heavy atom. The number of hydrogen-bond donors (Lipinski definition) is 1. The minimum Gasteiger partial charge on any atom is -0.314 e. The van der Waals surface area contributed by atoms with E-state index in [0.717, 1.165) is 12.5 Å². The van der Waals surface area contributed by atoms with E-state index in [1.165, 1.54) is 0 Å². The molecule has 1 heteroatoms. The van der Waals surface area contributed by atoms with E-state index < -0.39 is 0 Å². The Balaban J connectivity index is 0. The van der Waals surface area contributed by atoms with Crippen molar-refractivity contribution in [3.05, 3.63) is 0 Å². The van der Waals surface area contributed by atoms with E-state index in [4.69, 9.17) is 0 Å². The van der Waals surface area contributed by atoms with Crippen molar-refractivity contribution in [1.29, 1.82) is 0 Å². The van der Waals surface area contributed by atoms with E-state index >= 15 is 0 Å². The molecular formula is C7H19N. The lowest BCUT2D eigenvalue weighted by Crippen LogP contribution is -2.26. The molecule has 0 unspecified atom stereocenters. The largest absolute Gasteiger partial charge is 0.314 e. The molecule has 0 spiro atoms. The maximum Gasteiger partial charge on any atom is 0.00104 e. The standard InChI is InChI=1S/C7H17N.H2/c1-6(2)5-8-7(3)4;/h6-8H,5H2,1-4H3;1H. The maximum absolute atomic E-state index is 3.34. The zero-order chi connectivity index (χ0) is 6.57. The molecule has 52 valence electrons. The van der Waals surface area contributed by atoms with E-state index in [-0.39, 0.29) is 1.43 Å². The number of nitrogens with one attached hydrogen (secondary N) is 1. The molecule has 8 heavy (non-hydrogen) atoms. The van der Waals surface area contributed by atoms with Gasteiger partial charge in [0, 0.05) is 7.47 Å². The van der Waals surface area contributed by atoms with Gasteiger partial charge in [-0.1, -0.05) is 27.7 Å². The SMILES string of the molecule is CC(C)CNC(C)C.[HH]. The van der Waals surface area contributed by atoms with Gasteiger partial charge in [-0.2, -0.15) is 0 Å². The Hall–Kier alpha value is -0.0400. The first kappa shape index (κ1) is 7.96. The van der Waals surface area contributed by atoms with Crippen molar-refractivity contribution < 1.29 is 1.43 Å². The molecule has 0 fully saturated rings. The van der Waals surface area contributed by atoms with Crippen LogP contribution in [0, 0.1) is 5.92 Å². The van der Waals surface area contributed by atoms with E-state index in [1.807, 2.05) is 0 Å². The Kier molecular flexibility index (Phi) is 3.88. The van der Waals surface area contributed by atoms with Crippen LogP contribution in [-0.2, 0) is 0 Å². The maximum atomic E-state index is 3.34. The van der Waals surface area contributed by atoms with Crippen LogP contribution in [0.3, 0.4) is 0 Å². The van der Waals surface area contributed by atoms with Crippen LogP contribution in [0.25, 0.3) is 0 Å². The fourth-order valence-corrected chi connectivity index (χ4v) is 0.471. The molecule has 0 aliphatic heterocycles. The molecule has 0 saturated carbocycles. The molecule has 0 atom stereocenters. The van der Waals surface area contributed by atoms with Crippen LogP contribution in [0.4, 0.5) is 0 Å². The first-order valence-corrected chi connectivity index (χ1v) is 3.36. The smallest absolute Gasteiger partial charge is 0.00104 e. The third-order valence-corrected chi connectivity index (χ3v) is 0.934. The first-order valence-electron chi connectivity index (χ1n) is 3.36. The Bertz CT molecular complexity index is 44.9. The molecule has 1 N–H and O–H groups in total. The molecule has 1 nitrogen and oxygen atoms in total. The molecule has 0 aliphatic carbocycles. The van der Waals surface area contributed by atoms with Gasteiger partial charge in [-0.3, -0.25) is 0 Å². The van der Waals surface area contributed by atoms with Gasteiger partial charge < -0.3 is 5.32 Å². The fourth-order valence-electron chi connectivity index (χ4n) is 0.471. The van der Waals surface area contributed by atoms with Gasteiger partial charge in [0.25, 0.3) is 0 Å². The summed E-state index contributed by atoms with van der Waals surface area (Å²) < 4.78 is 0. The van der Waals surface area contributed by atoms with Crippen molar-refractivity contribution >= 4 is 0 Å². The molecule has 0 aromatic carbocycles. The monoisotopic (exact) mass is 117 g/mol. The predicted molar refractivity (Wildman–Crippen MR) is 40.1 cm³/mol. The van der Waals surface area contributed by atoms with Gasteiger partial charge in [-0.15, -0.1) is 0 Å². The van der Waals surface area contributed by atoms with Crippen molar-refractivity contribution in [2.75, 3.05) is 6.54 Å². The van der Waals surface area contributed by atoms with Crippen molar-refractivity contribution in [1.82, 2.24) is 5.32 Å². The molecule has 0 aromatic heterocycles. The molecule has 0 radical (unpaired) electrons. The minimum absolute atomic E-state index is 0. The summed E-state index contributed by atoms with van der Waals surface area (Å²) in [7, 11) is 0. The topological polar surface area (TPSA) is 12.0 Å². The summed E-state index contributed by atoms with van der Waals surface area (Å²) in [5, 5.41) is 3.34. The van der Waals surface area contributed by atoms with Crippen LogP contribution in [0.15, 0.2) is 0 Å². The van der Waals surface area contributed by atoms with Gasteiger partial charge >= 0.3 is 0 Å². The summed E-state index contributed by atoms with van der Waals surface area (Å²) in [6, 6.07) is 0.636. The average molecular weight is 117 g/mol. The van der Waals surface area contributed by atoms with Crippen molar-refractivity contribution in [3.63, 3.8) is 0 Å². The van der Waals surface area contributed by atoms with Crippen LogP contribution in [-0.4, -0.2) is 12.6 Å². The van der Waals surface area contributed by atoms with Gasteiger partial charge in [-0.05, 0) is 12.5 Å². The van der Waals surface area contributed by atoms with Gasteiger partial charge in [-0.25, -0.2) is 0 Å². The minimum atomic E-state index is 0. The molecule has 0 rings (SSSR count). The van der Waals surface area contributed by atoms with Crippen LogP contribution < -0.4 is 5.32 Å². The Morgan fingerprint density at radius 2 is 1.75 bits per heavy atom. The predicted octanol–water partition coefficient (Wildman–Crippen LogP) is 1.89. The summed E-state index contributed by atoms with van der Waals surface area (Å²) in [4.78, 5) is 0. The lowest BCUT2D eigenvalue weighted by molar-refractivity contribution is 0.505. The summed E-state index contributed by atoms with van der Waals surface area (Å²) >= 11 is 0. The van der Waals surface area contributed by atoms with E-state index in [0.29, 0.717) is 6.04 Å². The van der Waals surface area contributed by atoms with E-state index in [9.17, 15) is 0 Å². The van der Waals surface area contributed by atoms with Gasteiger partial charge in [0.1, 0.15) is 0 Å². The highest BCUT2D eigenvalue weighted by atomic mass is 14.9. The summed E-state index contributed by atoms with van der Waals surface area (Å²) in [5.41, 5.74) is 0. The summed E-state index contributed by atoms with van der Waals surface area (Å²) in [5.74, 6) is 0.775. The second-order valence-electron chi connectivity index (χ2n) is 2.96. The molecular weight excluding hydrogens is 98.1 g/mol. The van der Waals surface area contributed by atoms with Crippen LogP contribution in [0.5, 0.6) is 0 Å². The lowest BCUT2D eigenvalue weighted by Gasteiger charge is -2.09. The van der Waals surface area contributed by atoms with E-state index in [2.05, 4.69) is 33.0 Å². The summed E-state index contributed by atoms with van der Waals surface area (Å²) in [6.07, 6.45) is 0. The van der Waals surface area contributed by atoms with Gasteiger partial charge in [0.15, 0.2) is 0 Å². The lowest BCUT2D eigenvalue weighted by atomic mass is 10.2. The highest BCUT2D eigenvalue weighted by molar-refractivity contribution is 4.54.